The highest BCUT2D eigenvalue weighted by molar-refractivity contribution is 7.89. The van der Waals surface area contributed by atoms with Crippen LogP contribution >= 0.6 is 0 Å². The number of β-amino-alcohol motifs (C(OH)–C–C–N with tert-alkyl or cyclic N) is 1. The van der Waals surface area contributed by atoms with E-state index in [4.69, 9.17) is 0 Å². The van der Waals surface area contributed by atoms with Crippen LogP contribution in [0.5, 0.6) is 0 Å². The first-order valence-corrected chi connectivity index (χ1v) is 8.86. The Morgan fingerprint density at radius 2 is 1.71 bits per heavy atom. The molecule has 1 aromatic rings. The fraction of sp³-hybridized carbons (Fsp3) is 0.625. The van der Waals surface area contributed by atoms with E-state index in [1.807, 2.05) is 19.1 Å². The summed E-state index contributed by atoms with van der Waals surface area (Å²) in [7, 11) is -3.48. The zero-order valence-electron chi connectivity index (χ0n) is 13.3. The van der Waals surface area contributed by atoms with Gasteiger partial charge < -0.3 is 5.11 Å². The fourth-order valence-corrected chi connectivity index (χ4v) is 4.28. The Hall–Kier alpha value is -0.910. The molecular formula is C16H25NO3S. The molecule has 0 radical (unpaired) electrons. The molecule has 2 rings (SSSR count). The molecule has 0 atom stereocenters. The van der Waals surface area contributed by atoms with Crippen LogP contribution in [0.25, 0.3) is 0 Å². The number of hydrogen-bond donors (Lipinski definition) is 1. The van der Waals surface area contributed by atoms with Gasteiger partial charge in [0.15, 0.2) is 0 Å². The van der Waals surface area contributed by atoms with Gasteiger partial charge in [-0.05, 0) is 29.5 Å². The van der Waals surface area contributed by atoms with Gasteiger partial charge in [-0.2, -0.15) is 4.31 Å². The highest BCUT2D eigenvalue weighted by atomic mass is 32.2. The number of rotatable bonds is 4. The molecule has 0 aromatic heterocycles. The zero-order valence-corrected chi connectivity index (χ0v) is 14.1. The third-order valence-electron chi connectivity index (χ3n) is 4.01. The van der Waals surface area contributed by atoms with Gasteiger partial charge in [0, 0.05) is 13.1 Å². The van der Waals surface area contributed by atoms with Crippen molar-refractivity contribution in [3.05, 3.63) is 29.8 Å². The van der Waals surface area contributed by atoms with Crippen molar-refractivity contribution in [2.24, 2.45) is 0 Å². The van der Waals surface area contributed by atoms with E-state index in [-0.39, 0.29) is 18.5 Å². The molecule has 1 N–H and O–H groups in total. The molecule has 0 spiro atoms. The largest absolute Gasteiger partial charge is 0.387 e. The predicted octanol–water partition coefficient (Wildman–Crippen LogP) is 2.52. The van der Waals surface area contributed by atoms with Gasteiger partial charge in [0.1, 0.15) is 0 Å². The van der Waals surface area contributed by atoms with E-state index in [9.17, 15) is 13.5 Å². The second kappa shape index (κ2) is 5.38. The lowest BCUT2D eigenvalue weighted by atomic mass is 9.87. The molecule has 0 amide bonds. The molecule has 1 aliphatic heterocycles. The van der Waals surface area contributed by atoms with Crippen LogP contribution in [0, 0.1) is 0 Å². The zero-order chi connectivity index (χ0) is 15.9. The molecule has 118 valence electrons. The van der Waals surface area contributed by atoms with Gasteiger partial charge in [-0.25, -0.2) is 8.42 Å². The van der Waals surface area contributed by atoms with Crippen molar-refractivity contribution in [3.63, 3.8) is 0 Å². The van der Waals surface area contributed by atoms with Crippen LogP contribution in [0.2, 0.25) is 0 Å². The predicted molar refractivity (Wildman–Crippen MR) is 83.8 cm³/mol. The Morgan fingerprint density at radius 3 is 2.14 bits per heavy atom. The van der Waals surface area contributed by atoms with Crippen LogP contribution in [0.4, 0.5) is 0 Å². The molecule has 0 saturated carbocycles. The highest BCUT2D eigenvalue weighted by Crippen LogP contribution is 2.32. The molecule has 5 heteroatoms. The smallest absolute Gasteiger partial charge is 0.243 e. The van der Waals surface area contributed by atoms with Crippen molar-refractivity contribution >= 4 is 10.0 Å². The molecule has 1 fully saturated rings. The second-order valence-corrected chi connectivity index (χ2v) is 8.96. The summed E-state index contributed by atoms with van der Waals surface area (Å²) in [6.45, 7) is 8.67. The van der Waals surface area contributed by atoms with E-state index >= 15 is 0 Å². The molecule has 4 nitrogen and oxygen atoms in total. The normalized spacial score (nSPS) is 19.3. The summed E-state index contributed by atoms with van der Waals surface area (Å²) in [6.07, 6.45) is 1.49. The number of sulfonamides is 1. The standard InChI is InChI=1S/C16H25NO3S/c1-5-10-16(18)11-17(12-16)21(19,20)14-8-6-13(7-9-14)15(2,3)4/h6-9,18H,5,10-12H2,1-4H3. The fourth-order valence-electron chi connectivity index (χ4n) is 2.68. The quantitative estimate of drug-likeness (QED) is 0.929. The maximum atomic E-state index is 12.5. The average Bonchev–Trinajstić information content (AvgIpc) is 2.35. The van der Waals surface area contributed by atoms with Crippen molar-refractivity contribution in [2.45, 2.75) is 56.4 Å². The van der Waals surface area contributed by atoms with E-state index in [0.717, 1.165) is 12.0 Å². The Balaban J connectivity index is 2.15. The maximum absolute atomic E-state index is 12.5. The van der Waals surface area contributed by atoms with Crippen LogP contribution in [0.3, 0.4) is 0 Å². The Labute approximate surface area is 127 Å². The Morgan fingerprint density at radius 1 is 1.19 bits per heavy atom. The minimum atomic E-state index is -3.48. The van der Waals surface area contributed by atoms with Gasteiger partial charge in [0.2, 0.25) is 10.0 Å². The first-order chi connectivity index (χ1) is 9.58. The van der Waals surface area contributed by atoms with Crippen LogP contribution in [-0.2, 0) is 15.4 Å². The topological polar surface area (TPSA) is 57.6 Å². The lowest BCUT2D eigenvalue weighted by Gasteiger charge is -2.45. The third kappa shape index (κ3) is 3.30. The molecule has 0 bridgehead atoms. The van der Waals surface area contributed by atoms with Gasteiger partial charge in [0.05, 0.1) is 10.5 Å². The summed E-state index contributed by atoms with van der Waals surface area (Å²) in [5.41, 5.74) is 0.265. The van der Waals surface area contributed by atoms with Gasteiger partial charge >= 0.3 is 0 Å². The van der Waals surface area contributed by atoms with Crippen molar-refractivity contribution < 1.29 is 13.5 Å². The van der Waals surface area contributed by atoms with E-state index in [1.54, 1.807) is 12.1 Å². The summed E-state index contributed by atoms with van der Waals surface area (Å²) >= 11 is 0. The van der Waals surface area contributed by atoms with E-state index < -0.39 is 15.6 Å². The van der Waals surface area contributed by atoms with Gasteiger partial charge in [-0.3, -0.25) is 0 Å². The molecule has 0 aliphatic carbocycles. The molecule has 1 saturated heterocycles. The molecular weight excluding hydrogens is 286 g/mol. The minimum Gasteiger partial charge on any atom is -0.387 e. The van der Waals surface area contributed by atoms with Crippen molar-refractivity contribution in [1.82, 2.24) is 4.31 Å². The molecule has 0 unspecified atom stereocenters. The van der Waals surface area contributed by atoms with Gasteiger partial charge in [0.25, 0.3) is 0 Å². The van der Waals surface area contributed by atoms with Crippen molar-refractivity contribution in [2.75, 3.05) is 13.1 Å². The molecule has 1 aromatic carbocycles. The van der Waals surface area contributed by atoms with E-state index in [1.165, 1.54) is 4.31 Å². The van der Waals surface area contributed by atoms with Gasteiger partial charge in [-0.15, -0.1) is 0 Å². The second-order valence-electron chi connectivity index (χ2n) is 7.02. The summed E-state index contributed by atoms with van der Waals surface area (Å²) < 4.78 is 26.3. The third-order valence-corrected chi connectivity index (χ3v) is 5.82. The molecule has 1 heterocycles. The number of aliphatic hydroxyl groups is 1. The molecule has 1 aliphatic rings. The number of nitrogens with zero attached hydrogens (tertiary/aromatic N) is 1. The lowest BCUT2D eigenvalue weighted by Crippen LogP contribution is -2.63. The van der Waals surface area contributed by atoms with Gasteiger partial charge in [-0.1, -0.05) is 46.2 Å². The van der Waals surface area contributed by atoms with Crippen LogP contribution < -0.4 is 0 Å². The number of hydrogen-bond acceptors (Lipinski definition) is 3. The van der Waals surface area contributed by atoms with E-state index in [2.05, 4.69) is 20.8 Å². The average molecular weight is 311 g/mol. The highest BCUT2D eigenvalue weighted by Gasteiger charge is 2.46. The van der Waals surface area contributed by atoms with Crippen LogP contribution in [0.1, 0.15) is 46.1 Å². The lowest BCUT2D eigenvalue weighted by molar-refractivity contribution is -0.0653. The van der Waals surface area contributed by atoms with Crippen molar-refractivity contribution in [3.8, 4) is 0 Å². The first-order valence-electron chi connectivity index (χ1n) is 7.42. The minimum absolute atomic E-state index is 0.000422. The first kappa shape index (κ1) is 16.5. The Bertz CT molecular complexity index is 593. The monoisotopic (exact) mass is 311 g/mol. The molecule has 21 heavy (non-hydrogen) atoms. The number of benzene rings is 1. The summed E-state index contributed by atoms with van der Waals surface area (Å²) in [6, 6.07) is 7.05. The van der Waals surface area contributed by atoms with E-state index in [0.29, 0.717) is 11.3 Å². The SMILES string of the molecule is CCCC1(O)CN(S(=O)(=O)c2ccc(C(C)(C)C)cc2)C1. The van der Waals surface area contributed by atoms with Crippen LogP contribution in [-0.4, -0.2) is 36.5 Å². The van der Waals surface area contributed by atoms with Crippen LogP contribution in [0.15, 0.2) is 29.2 Å². The summed E-state index contributed by atoms with van der Waals surface area (Å²) in [4.78, 5) is 0.300. The Kier molecular flexibility index (Phi) is 4.21. The summed E-state index contributed by atoms with van der Waals surface area (Å²) in [5.74, 6) is 0. The van der Waals surface area contributed by atoms with Crippen molar-refractivity contribution in [1.29, 1.82) is 0 Å². The maximum Gasteiger partial charge on any atom is 0.243 e. The summed E-state index contributed by atoms with van der Waals surface area (Å²) in [5, 5.41) is 10.1.